The van der Waals surface area contributed by atoms with Crippen LogP contribution in [-0.2, 0) is 16.1 Å². The Labute approximate surface area is 271 Å². The van der Waals surface area contributed by atoms with E-state index in [1.165, 1.54) is 57.0 Å². The summed E-state index contributed by atoms with van der Waals surface area (Å²) in [7, 11) is 0. The first kappa shape index (κ1) is 30.6. The number of likely N-dealkylation sites (N-methyl/N-ethyl adjacent to an activating group) is 1. The Morgan fingerprint density at radius 3 is 2.23 bits per heavy atom. The van der Waals surface area contributed by atoms with Crippen molar-refractivity contribution in [1.29, 1.82) is 0 Å². The van der Waals surface area contributed by atoms with Gasteiger partial charge in [-0.05, 0) is 0 Å². The van der Waals surface area contributed by atoms with Gasteiger partial charge in [0.05, 0.1) is 0 Å². The fourth-order valence-corrected chi connectivity index (χ4v) is 10.0. The summed E-state index contributed by atoms with van der Waals surface area (Å²) in [6.07, 6.45) is 13.4. The SMILES string of the molecule is CCN1/C(=C/C=C2/CCCC(/C=C/C3=[N+](CC)c4ccccc4C3(C)C)=C2[Se]Cc2ccccc2)C(C)(C)c2ccccc21. The summed E-state index contributed by atoms with van der Waals surface area (Å²) in [6, 6.07) is 29.0. The third-order valence-electron chi connectivity index (χ3n) is 9.82. The Hall–Kier alpha value is -3.39. The van der Waals surface area contributed by atoms with Gasteiger partial charge < -0.3 is 0 Å². The van der Waals surface area contributed by atoms with Crippen LogP contribution in [0.5, 0.6) is 0 Å². The summed E-state index contributed by atoms with van der Waals surface area (Å²) in [5.74, 6) is 0. The van der Waals surface area contributed by atoms with Gasteiger partial charge >= 0.3 is 273 Å². The Bertz CT molecular complexity index is 1700. The Morgan fingerprint density at radius 1 is 0.773 bits per heavy atom. The molecule has 6 rings (SSSR count). The van der Waals surface area contributed by atoms with Crippen LogP contribution in [0.1, 0.15) is 77.5 Å². The zero-order valence-electron chi connectivity index (χ0n) is 27.4. The van der Waals surface area contributed by atoms with E-state index in [-0.39, 0.29) is 10.8 Å². The van der Waals surface area contributed by atoms with Crippen molar-refractivity contribution >= 4 is 32.0 Å². The molecule has 0 atom stereocenters. The molecule has 0 saturated heterocycles. The van der Waals surface area contributed by atoms with Crippen molar-refractivity contribution in [2.45, 2.75) is 77.0 Å². The maximum absolute atomic E-state index is 2.52. The second-order valence-corrected chi connectivity index (χ2v) is 15.3. The first-order valence-electron chi connectivity index (χ1n) is 16.4. The molecule has 0 radical (unpaired) electrons. The summed E-state index contributed by atoms with van der Waals surface area (Å²) < 4.78 is 4.12. The van der Waals surface area contributed by atoms with Crippen molar-refractivity contribution < 1.29 is 4.58 Å². The van der Waals surface area contributed by atoms with E-state index >= 15 is 0 Å². The zero-order valence-corrected chi connectivity index (χ0v) is 29.1. The molecule has 0 spiro atoms. The van der Waals surface area contributed by atoms with Gasteiger partial charge in [-0.25, -0.2) is 0 Å². The number of para-hydroxylation sites is 2. The van der Waals surface area contributed by atoms with Gasteiger partial charge in [0.2, 0.25) is 0 Å². The molecule has 1 aliphatic carbocycles. The number of nitrogens with zero attached hydrogens (tertiary/aromatic N) is 2. The van der Waals surface area contributed by atoms with Crippen molar-refractivity contribution in [2.75, 3.05) is 18.0 Å². The summed E-state index contributed by atoms with van der Waals surface area (Å²) >= 11 is 0.355. The first-order chi connectivity index (χ1) is 21.3. The van der Waals surface area contributed by atoms with Crippen LogP contribution >= 0.6 is 0 Å². The molecule has 2 heterocycles. The molecule has 0 bridgehead atoms. The van der Waals surface area contributed by atoms with E-state index in [0.29, 0.717) is 15.0 Å². The van der Waals surface area contributed by atoms with Crippen molar-refractivity contribution in [3.05, 3.63) is 141 Å². The van der Waals surface area contributed by atoms with Crippen LogP contribution in [0.3, 0.4) is 0 Å². The predicted octanol–water partition coefficient (Wildman–Crippen LogP) is 9.61. The van der Waals surface area contributed by atoms with Gasteiger partial charge in [-0.3, -0.25) is 0 Å². The number of hydrogen-bond acceptors (Lipinski definition) is 1. The van der Waals surface area contributed by atoms with Crippen LogP contribution in [0.25, 0.3) is 0 Å². The number of hydrogen-bond donors (Lipinski definition) is 0. The van der Waals surface area contributed by atoms with Crippen LogP contribution < -0.4 is 4.90 Å². The fourth-order valence-electron chi connectivity index (χ4n) is 7.46. The van der Waals surface area contributed by atoms with Crippen molar-refractivity contribution in [1.82, 2.24) is 0 Å². The summed E-state index contributed by atoms with van der Waals surface area (Å²) in [5, 5.41) is 1.13. The van der Waals surface area contributed by atoms with Crippen molar-refractivity contribution in [3.8, 4) is 0 Å². The molecule has 3 aromatic rings. The van der Waals surface area contributed by atoms with Crippen LogP contribution in [0, 0.1) is 0 Å². The second kappa shape index (κ2) is 12.5. The molecule has 2 nitrogen and oxygen atoms in total. The molecule has 44 heavy (non-hydrogen) atoms. The molecule has 3 aliphatic rings. The molecule has 0 aromatic heterocycles. The Kier molecular flexibility index (Phi) is 8.73. The molecule has 0 saturated carbocycles. The van der Waals surface area contributed by atoms with Crippen LogP contribution in [-0.4, -0.2) is 38.3 Å². The molecule has 0 amide bonds. The molecular weight excluding hydrogens is 599 g/mol. The van der Waals surface area contributed by atoms with Gasteiger partial charge in [-0.2, -0.15) is 0 Å². The topological polar surface area (TPSA) is 6.25 Å². The van der Waals surface area contributed by atoms with E-state index in [1.54, 1.807) is 4.47 Å². The monoisotopic (exact) mass is 647 g/mol. The third-order valence-corrected chi connectivity index (χ3v) is 12.5. The van der Waals surface area contributed by atoms with E-state index < -0.39 is 0 Å². The van der Waals surface area contributed by atoms with E-state index in [2.05, 4.69) is 154 Å². The molecule has 3 aromatic carbocycles. The average molecular weight is 647 g/mol. The standard InChI is InChI=1S/C41H47N2Se/c1-7-42-35-23-14-12-21-33(35)40(3,4)37(42)27-25-31-19-16-20-32(39(31)44-29-30-17-10-9-11-18-30)26-28-38-41(5,6)34-22-13-15-24-36(34)43(38)8-2/h9-15,17-18,21-28H,7-8,16,19-20,29H2,1-6H3/q+1. The second-order valence-electron chi connectivity index (χ2n) is 13.2. The van der Waals surface area contributed by atoms with E-state index in [4.69, 9.17) is 0 Å². The fraction of sp³-hybridized carbons (Fsp3) is 0.341. The van der Waals surface area contributed by atoms with Crippen LogP contribution in [0.15, 0.2) is 124 Å². The Morgan fingerprint density at radius 2 is 1.48 bits per heavy atom. The van der Waals surface area contributed by atoms with Gasteiger partial charge in [0.25, 0.3) is 0 Å². The van der Waals surface area contributed by atoms with Crippen LogP contribution in [0.4, 0.5) is 11.4 Å². The number of anilines is 1. The zero-order chi connectivity index (χ0) is 30.9. The molecule has 226 valence electrons. The summed E-state index contributed by atoms with van der Waals surface area (Å²) in [4.78, 5) is 2.52. The van der Waals surface area contributed by atoms with E-state index in [1.807, 2.05) is 0 Å². The van der Waals surface area contributed by atoms with Gasteiger partial charge in [0.15, 0.2) is 0 Å². The minimum absolute atomic E-state index is 0.0105. The quantitative estimate of drug-likeness (QED) is 0.175. The first-order valence-corrected chi connectivity index (χ1v) is 18.4. The van der Waals surface area contributed by atoms with Crippen molar-refractivity contribution in [2.24, 2.45) is 0 Å². The van der Waals surface area contributed by atoms with Gasteiger partial charge in [-0.1, -0.05) is 0 Å². The number of benzene rings is 3. The van der Waals surface area contributed by atoms with E-state index in [0.717, 1.165) is 31.3 Å². The number of fused-ring (bicyclic) bond motifs is 2. The van der Waals surface area contributed by atoms with Gasteiger partial charge in [0, 0.05) is 0 Å². The number of allylic oxidation sites excluding steroid dienone is 8. The van der Waals surface area contributed by atoms with E-state index in [9.17, 15) is 0 Å². The van der Waals surface area contributed by atoms with Crippen molar-refractivity contribution in [3.63, 3.8) is 0 Å². The average Bonchev–Trinajstić information content (AvgIpc) is 3.40. The number of rotatable bonds is 8. The minimum atomic E-state index is -0.0105. The molecule has 0 fully saturated rings. The Balaban J connectivity index is 1.41. The van der Waals surface area contributed by atoms with Crippen LogP contribution in [0.2, 0.25) is 0 Å². The van der Waals surface area contributed by atoms with Gasteiger partial charge in [-0.15, -0.1) is 0 Å². The summed E-state index contributed by atoms with van der Waals surface area (Å²) in [5.41, 5.74) is 12.9. The van der Waals surface area contributed by atoms with Gasteiger partial charge in [0.1, 0.15) is 0 Å². The molecule has 0 unspecified atom stereocenters. The third kappa shape index (κ3) is 5.50. The predicted molar refractivity (Wildman–Crippen MR) is 190 cm³/mol. The molecule has 2 aliphatic heterocycles. The molecular formula is C41H47N2Se+. The summed E-state index contributed by atoms with van der Waals surface area (Å²) in [6.45, 7) is 16.0. The molecule has 3 heteroatoms. The molecule has 0 N–H and O–H groups in total. The maximum atomic E-state index is 2.52. The normalized spacial score (nSPS) is 20.7.